The number of carbonyl (C=O) groups excluding carboxylic acids is 4. The molecule has 7 heteroatoms. The van der Waals surface area contributed by atoms with E-state index < -0.39 is 24.4 Å². The first-order valence-corrected chi connectivity index (χ1v) is 8.88. The van der Waals surface area contributed by atoms with Crippen molar-refractivity contribution < 1.29 is 28.7 Å². The summed E-state index contributed by atoms with van der Waals surface area (Å²) in [6.07, 6.45) is -0.179. The summed E-state index contributed by atoms with van der Waals surface area (Å²) in [5.41, 5.74) is 1.05. The second-order valence-electron chi connectivity index (χ2n) is 6.10. The monoisotopic (exact) mass is 381 g/mol. The number of carbonyl (C=O) groups is 4. The molecule has 0 saturated heterocycles. The zero-order valence-corrected chi connectivity index (χ0v) is 15.3. The predicted molar refractivity (Wildman–Crippen MR) is 99.3 cm³/mol. The molecule has 0 saturated carbocycles. The Morgan fingerprint density at radius 1 is 0.929 bits per heavy atom. The normalized spacial score (nSPS) is 12.7. The number of nitrogens with zero attached hydrogens (tertiary/aromatic N) is 1. The lowest BCUT2D eigenvalue weighted by Gasteiger charge is -2.13. The zero-order valence-electron chi connectivity index (χ0n) is 15.3. The number of rotatable bonds is 8. The highest BCUT2D eigenvalue weighted by molar-refractivity contribution is 6.21. The van der Waals surface area contributed by atoms with Crippen LogP contribution in [-0.2, 0) is 9.53 Å². The van der Waals surface area contributed by atoms with Crippen LogP contribution in [0.15, 0.2) is 48.5 Å². The van der Waals surface area contributed by atoms with E-state index in [-0.39, 0.29) is 18.7 Å². The topological polar surface area (TPSA) is 90.0 Å². The van der Waals surface area contributed by atoms with Gasteiger partial charge in [0.25, 0.3) is 11.8 Å². The van der Waals surface area contributed by atoms with Crippen LogP contribution in [-0.4, -0.2) is 48.2 Å². The van der Waals surface area contributed by atoms with Gasteiger partial charge in [-0.2, -0.15) is 0 Å². The lowest BCUT2D eigenvalue weighted by molar-refractivity contribution is -0.142. The predicted octanol–water partition coefficient (Wildman–Crippen LogP) is 2.50. The maximum atomic E-state index is 12.2. The van der Waals surface area contributed by atoms with Crippen molar-refractivity contribution in [1.29, 1.82) is 0 Å². The molecule has 1 aliphatic rings. The molecule has 2 aromatic carbocycles. The van der Waals surface area contributed by atoms with Crippen LogP contribution >= 0.6 is 0 Å². The van der Waals surface area contributed by atoms with E-state index in [9.17, 15) is 19.2 Å². The number of esters is 1. The van der Waals surface area contributed by atoms with Crippen molar-refractivity contribution in [2.75, 3.05) is 19.8 Å². The van der Waals surface area contributed by atoms with Gasteiger partial charge in [-0.05, 0) is 43.3 Å². The summed E-state index contributed by atoms with van der Waals surface area (Å²) in [5.74, 6) is -1.22. The summed E-state index contributed by atoms with van der Waals surface area (Å²) >= 11 is 0. The zero-order chi connectivity index (χ0) is 20.1. The Labute approximate surface area is 161 Å². The average molecular weight is 381 g/mol. The van der Waals surface area contributed by atoms with Crippen molar-refractivity contribution in [3.05, 3.63) is 65.2 Å². The number of imide groups is 1. The molecule has 0 fully saturated rings. The van der Waals surface area contributed by atoms with Crippen molar-refractivity contribution in [3.63, 3.8) is 0 Å². The van der Waals surface area contributed by atoms with E-state index in [1.807, 2.05) is 6.92 Å². The number of ketones is 1. The number of benzene rings is 2. The third-order valence-corrected chi connectivity index (χ3v) is 4.27. The van der Waals surface area contributed by atoms with Gasteiger partial charge >= 0.3 is 5.97 Å². The quantitative estimate of drug-likeness (QED) is 0.396. The Bertz CT molecular complexity index is 884. The number of hydrogen-bond acceptors (Lipinski definition) is 6. The van der Waals surface area contributed by atoms with E-state index in [0.29, 0.717) is 29.0 Å². The summed E-state index contributed by atoms with van der Waals surface area (Å²) < 4.78 is 10.3. The fourth-order valence-electron chi connectivity index (χ4n) is 2.85. The van der Waals surface area contributed by atoms with E-state index in [0.717, 1.165) is 4.90 Å². The summed E-state index contributed by atoms with van der Waals surface area (Å²) in [7, 11) is 0. The first-order valence-electron chi connectivity index (χ1n) is 8.88. The van der Waals surface area contributed by atoms with Gasteiger partial charge in [-0.15, -0.1) is 0 Å². The van der Waals surface area contributed by atoms with Crippen LogP contribution in [0, 0.1) is 0 Å². The van der Waals surface area contributed by atoms with Gasteiger partial charge in [0.05, 0.1) is 24.2 Å². The molecule has 0 spiro atoms. The smallest absolute Gasteiger partial charge is 0.308 e. The molecular weight excluding hydrogens is 362 g/mol. The third kappa shape index (κ3) is 4.09. The molecule has 2 amide bonds. The standard InChI is InChI=1S/C21H19NO6/c1-2-27-15-9-7-14(8-10-15)18(23)13-28-19(24)11-12-22-20(25)16-5-3-4-6-17(16)21(22)26/h3-10H,2,11-13H2,1H3. The maximum absolute atomic E-state index is 12.2. The maximum Gasteiger partial charge on any atom is 0.308 e. The van der Waals surface area contributed by atoms with E-state index in [1.165, 1.54) is 0 Å². The first-order chi connectivity index (χ1) is 13.5. The van der Waals surface area contributed by atoms with Gasteiger partial charge in [-0.1, -0.05) is 12.1 Å². The summed E-state index contributed by atoms with van der Waals surface area (Å²) in [5, 5.41) is 0. The molecule has 144 valence electrons. The lowest BCUT2D eigenvalue weighted by Crippen LogP contribution is -2.32. The molecule has 0 N–H and O–H groups in total. The molecule has 0 aromatic heterocycles. The van der Waals surface area contributed by atoms with Gasteiger partial charge in [-0.25, -0.2) is 0 Å². The minimum absolute atomic E-state index is 0.0948. The molecule has 1 aliphatic heterocycles. The largest absolute Gasteiger partial charge is 0.494 e. The highest BCUT2D eigenvalue weighted by atomic mass is 16.5. The van der Waals surface area contributed by atoms with E-state index in [4.69, 9.17) is 9.47 Å². The van der Waals surface area contributed by atoms with Gasteiger partial charge in [-0.3, -0.25) is 24.1 Å². The molecule has 0 atom stereocenters. The molecule has 1 heterocycles. The summed E-state index contributed by atoms with van der Waals surface area (Å²) in [6, 6.07) is 13.0. The number of hydrogen-bond donors (Lipinski definition) is 0. The molecule has 2 aromatic rings. The molecule has 7 nitrogen and oxygen atoms in total. The van der Waals surface area contributed by atoms with Gasteiger partial charge in [0.1, 0.15) is 5.75 Å². The SMILES string of the molecule is CCOc1ccc(C(=O)COC(=O)CCN2C(=O)c3ccccc3C2=O)cc1. The van der Waals surface area contributed by atoms with Crippen molar-refractivity contribution in [2.45, 2.75) is 13.3 Å². The Morgan fingerprint density at radius 3 is 2.11 bits per heavy atom. The highest BCUT2D eigenvalue weighted by Crippen LogP contribution is 2.22. The van der Waals surface area contributed by atoms with Crippen molar-refractivity contribution in [2.24, 2.45) is 0 Å². The number of amides is 2. The molecule has 0 bridgehead atoms. The van der Waals surface area contributed by atoms with Crippen molar-refractivity contribution in [3.8, 4) is 5.75 Å². The summed E-state index contributed by atoms with van der Waals surface area (Å²) in [4.78, 5) is 49.5. The van der Waals surface area contributed by atoms with E-state index >= 15 is 0 Å². The molecule has 0 radical (unpaired) electrons. The number of Topliss-reactive ketones (excluding diaryl/α,β-unsaturated/α-hetero) is 1. The van der Waals surface area contributed by atoms with E-state index in [1.54, 1.807) is 48.5 Å². The molecule has 0 aliphatic carbocycles. The Morgan fingerprint density at radius 2 is 1.54 bits per heavy atom. The van der Waals surface area contributed by atoms with Crippen LogP contribution < -0.4 is 4.74 Å². The van der Waals surface area contributed by atoms with Gasteiger partial charge in [0.15, 0.2) is 12.4 Å². The van der Waals surface area contributed by atoms with Crippen LogP contribution in [0.1, 0.15) is 44.4 Å². The van der Waals surface area contributed by atoms with Crippen molar-refractivity contribution in [1.82, 2.24) is 4.90 Å². The van der Waals surface area contributed by atoms with Crippen LogP contribution in [0.4, 0.5) is 0 Å². The first kappa shape index (κ1) is 19.3. The third-order valence-electron chi connectivity index (χ3n) is 4.27. The average Bonchev–Trinajstić information content (AvgIpc) is 2.96. The van der Waals surface area contributed by atoms with Crippen LogP contribution in [0.25, 0.3) is 0 Å². The number of fused-ring (bicyclic) bond motifs is 1. The van der Waals surface area contributed by atoms with E-state index in [2.05, 4.69) is 0 Å². The lowest BCUT2D eigenvalue weighted by atomic mass is 10.1. The minimum atomic E-state index is -0.657. The second kappa shape index (κ2) is 8.47. The Hall–Kier alpha value is -3.48. The molecular formula is C21H19NO6. The van der Waals surface area contributed by atoms with Gasteiger partial charge in [0.2, 0.25) is 0 Å². The fourth-order valence-corrected chi connectivity index (χ4v) is 2.85. The minimum Gasteiger partial charge on any atom is -0.494 e. The Kier molecular flexibility index (Phi) is 5.84. The van der Waals surface area contributed by atoms with Gasteiger partial charge in [0, 0.05) is 12.1 Å². The number of ether oxygens (including phenoxy) is 2. The Balaban J connectivity index is 1.48. The molecule has 0 unspecified atom stereocenters. The molecule has 28 heavy (non-hydrogen) atoms. The van der Waals surface area contributed by atoms with Crippen LogP contribution in [0.3, 0.4) is 0 Å². The second-order valence-corrected chi connectivity index (χ2v) is 6.10. The molecule has 3 rings (SSSR count). The highest BCUT2D eigenvalue weighted by Gasteiger charge is 2.35. The van der Waals surface area contributed by atoms with Crippen LogP contribution in [0.5, 0.6) is 5.75 Å². The van der Waals surface area contributed by atoms with Gasteiger partial charge < -0.3 is 9.47 Å². The van der Waals surface area contributed by atoms with Crippen LogP contribution in [0.2, 0.25) is 0 Å². The fraction of sp³-hybridized carbons (Fsp3) is 0.238. The van der Waals surface area contributed by atoms with Crippen molar-refractivity contribution >= 4 is 23.6 Å². The summed E-state index contributed by atoms with van der Waals surface area (Å²) in [6.45, 7) is 1.88.